The predicted octanol–water partition coefficient (Wildman–Crippen LogP) is 2.01. The Hall–Kier alpha value is -1.75. The number of rotatable bonds is 6. The molecule has 0 atom stereocenters. The number of aliphatic carboxylic acids is 1. The Balaban J connectivity index is 1.81. The van der Waals surface area contributed by atoms with Gasteiger partial charge in [0.1, 0.15) is 5.75 Å². The number of carboxylic acid groups (broad SMARTS) is 1. The van der Waals surface area contributed by atoms with Crippen LogP contribution in [0.3, 0.4) is 0 Å². The van der Waals surface area contributed by atoms with Crippen molar-refractivity contribution in [2.75, 3.05) is 32.0 Å². The first-order valence-electron chi connectivity index (χ1n) is 7.56. The van der Waals surface area contributed by atoms with Crippen LogP contribution < -0.4 is 10.5 Å². The molecule has 0 radical (unpaired) electrons. The molecule has 5 heteroatoms. The third kappa shape index (κ3) is 4.36. The molecule has 1 saturated heterocycles. The summed E-state index contributed by atoms with van der Waals surface area (Å²) < 4.78 is 5.43. The Bertz CT molecular complexity index is 482. The first kappa shape index (κ1) is 15.6. The smallest absolute Gasteiger partial charge is 0.306 e. The number of hydrogen-bond acceptors (Lipinski definition) is 4. The molecule has 2 rings (SSSR count). The molecule has 1 heterocycles. The molecule has 0 aliphatic carbocycles. The molecular weight excluding hydrogens is 268 g/mol. The van der Waals surface area contributed by atoms with E-state index in [1.165, 1.54) is 5.56 Å². The van der Waals surface area contributed by atoms with Gasteiger partial charge in [-0.2, -0.15) is 0 Å². The van der Waals surface area contributed by atoms with Gasteiger partial charge in [-0.1, -0.05) is 6.07 Å². The molecule has 1 aromatic carbocycles. The molecule has 21 heavy (non-hydrogen) atoms. The minimum Gasteiger partial charge on any atom is -0.492 e. The average molecular weight is 292 g/mol. The molecule has 0 amide bonds. The topological polar surface area (TPSA) is 75.8 Å². The molecule has 0 aromatic heterocycles. The number of nitrogens with zero attached hydrogens (tertiary/aromatic N) is 1. The Labute approximate surface area is 125 Å². The second kappa shape index (κ2) is 7.31. The van der Waals surface area contributed by atoms with E-state index in [-0.39, 0.29) is 5.92 Å². The highest BCUT2D eigenvalue weighted by Gasteiger charge is 2.23. The highest BCUT2D eigenvalue weighted by atomic mass is 16.5. The average Bonchev–Trinajstić information content (AvgIpc) is 2.48. The minimum atomic E-state index is -0.658. The number of ether oxygens (including phenoxy) is 1. The van der Waals surface area contributed by atoms with Crippen LogP contribution in [0.15, 0.2) is 18.2 Å². The standard InChI is InChI=1S/C16H24N2O3/c1-2-21-15-4-3-12(11-14(15)17)5-8-18-9-6-13(7-10-18)16(19)20/h3-4,11,13H,2,5-10,17H2,1H3,(H,19,20). The van der Waals surface area contributed by atoms with Crippen molar-refractivity contribution < 1.29 is 14.6 Å². The van der Waals surface area contributed by atoms with E-state index in [1.54, 1.807) is 0 Å². The van der Waals surface area contributed by atoms with Gasteiger partial charge in [0.05, 0.1) is 18.2 Å². The van der Waals surface area contributed by atoms with Gasteiger partial charge in [-0.15, -0.1) is 0 Å². The van der Waals surface area contributed by atoms with Crippen LogP contribution in [0.1, 0.15) is 25.3 Å². The third-order valence-corrected chi connectivity index (χ3v) is 4.03. The Morgan fingerprint density at radius 1 is 1.43 bits per heavy atom. The number of anilines is 1. The van der Waals surface area contributed by atoms with E-state index in [1.807, 2.05) is 25.1 Å². The van der Waals surface area contributed by atoms with Gasteiger partial charge < -0.3 is 20.5 Å². The van der Waals surface area contributed by atoms with Gasteiger partial charge in [0.15, 0.2) is 0 Å². The van der Waals surface area contributed by atoms with Crippen LogP contribution in [0.25, 0.3) is 0 Å². The highest BCUT2D eigenvalue weighted by molar-refractivity contribution is 5.70. The van der Waals surface area contributed by atoms with Crippen molar-refractivity contribution in [1.82, 2.24) is 4.90 Å². The van der Waals surface area contributed by atoms with Gasteiger partial charge >= 0.3 is 5.97 Å². The van der Waals surface area contributed by atoms with Gasteiger partial charge in [-0.25, -0.2) is 0 Å². The van der Waals surface area contributed by atoms with Crippen molar-refractivity contribution in [3.05, 3.63) is 23.8 Å². The number of carbonyl (C=O) groups is 1. The molecule has 0 unspecified atom stereocenters. The summed E-state index contributed by atoms with van der Waals surface area (Å²) in [4.78, 5) is 13.2. The zero-order valence-electron chi connectivity index (χ0n) is 12.5. The first-order chi connectivity index (χ1) is 10.1. The summed E-state index contributed by atoms with van der Waals surface area (Å²) in [5, 5.41) is 8.99. The molecule has 116 valence electrons. The van der Waals surface area contributed by atoms with E-state index >= 15 is 0 Å². The monoisotopic (exact) mass is 292 g/mol. The van der Waals surface area contributed by atoms with Crippen molar-refractivity contribution >= 4 is 11.7 Å². The van der Waals surface area contributed by atoms with Gasteiger partial charge in [0, 0.05) is 6.54 Å². The van der Waals surface area contributed by atoms with Crippen molar-refractivity contribution in [3.63, 3.8) is 0 Å². The van der Waals surface area contributed by atoms with E-state index in [9.17, 15) is 4.79 Å². The summed E-state index contributed by atoms with van der Waals surface area (Å²) in [6.45, 7) is 5.23. The van der Waals surface area contributed by atoms with E-state index in [2.05, 4.69) is 4.90 Å². The highest BCUT2D eigenvalue weighted by Crippen LogP contribution is 2.23. The molecule has 1 aromatic rings. The summed E-state index contributed by atoms with van der Waals surface area (Å²) in [5.41, 5.74) is 7.83. The maximum atomic E-state index is 10.9. The molecule has 1 fully saturated rings. The van der Waals surface area contributed by atoms with Crippen LogP contribution in [-0.2, 0) is 11.2 Å². The molecule has 3 N–H and O–H groups in total. The van der Waals surface area contributed by atoms with Gasteiger partial charge in [0.25, 0.3) is 0 Å². The van der Waals surface area contributed by atoms with Crippen LogP contribution in [0, 0.1) is 5.92 Å². The molecule has 1 aliphatic rings. The molecule has 0 bridgehead atoms. The number of carboxylic acids is 1. The van der Waals surface area contributed by atoms with Crippen LogP contribution in [0.5, 0.6) is 5.75 Å². The number of hydrogen-bond donors (Lipinski definition) is 2. The first-order valence-corrected chi connectivity index (χ1v) is 7.56. The lowest BCUT2D eigenvalue weighted by Gasteiger charge is -2.29. The number of likely N-dealkylation sites (tertiary alicyclic amines) is 1. The molecular formula is C16H24N2O3. The maximum Gasteiger partial charge on any atom is 0.306 e. The molecule has 0 saturated carbocycles. The van der Waals surface area contributed by atoms with Gasteiger partial charge in [-0.3, -0.25) is 4.79 Å². The fourth-order valence-corrected chi connectivity index (χ4v) is 2.73. The maximum absolute atomic E-state index is 10.9. The van der Waals surface area contributed by atoms with E-state index < -0.39 is 5.97 Å². The second-order valence-electron chi connectivity index (χ2n) is 5.51. The second-order valence-corrected chi connectivity index (χ2v) is 5.51. The van der Waals surface area contributed by atoms with Crippen molar-refractivity contribution in [3.8, 4) is 5.75 Å². The van der Waals surface area contributed by atoms with Crippen molar-refractivity contribution in [2.24, 2.45) is 5.92 Å². The van der Waals surface area contributed by atoms with Crippen LogP contribution >= 0.6 is 0 Å². The number of nitrogen functional groups attached to an aromatic ring is 1. The molecule has 5 nitrogen and oxygen atoms in total. The van der Waals surface area contributed by atoms with Gasteiger partial charge in [-0.05, 0) is 57.0 Å². The Kier molecular flexibility index (Phi) is 5.44. The third-order valence-electron chi connectivity index (χ3n) is 4.03. The zero-order chi connectivity index (χ0) is 15.2. The lowest BCUT2D eigenvalue weighted by molar-refractivity contribution is -0.143. The quantitative estimate of drug-likeness (QED) is 0.784. The summed E-state index contributed by atoms with van der Waals surface area (Å²) in [7, 11) is 0. The summed E-state index contributed by atoms with van der Waals surface area (Å²) in [5.74, 6) is -0.0835. The molecule has 1 aliphatic heterocycles. The van der Waals surface area contributed by atoms with Crippen molar-refractivity contribution in [2.45, 2.75) is 26.2 Å². The van der Waals surface area contributed by atoms with E-state index in [0.717, 1.165) is 44.6 Å². The van der Waals surface area contributed by atoms with Gasteiger partial charge in [0.2, 0.25) is 0 Å². The zero-order valence-corrected chi connectivity index (χ0v) is 12.5. The minimum absolute atomic E-state index is 0.164. The fraction of sp³-hybridized carbons (Fsp3) is 0.562. The number of benzene rings is 1. The summed E-state index contributed by atoms with van der Waals surface area (Å²) >= 11 is 0. The van der Waals surface area contributed by atoms with Crippen LogP contribution in [0.2, 0.25) is 0 Å². The van der Waals surface area contributed by atoms with Crippen LogP contribution in [0.4, 0.5) is 5.69 Å². The van der Waals surface area contributed by atoms with E-state index in [4.69, 9.17) is 15.6 Å². The number of piperidine rings is 1. The van der Waals surface area contributed by atoms with Crippen molar-refractivity contribution in [1.29, 1.82) is 0 Å². The largest absolute Gasteiger partial charge is 0.492 e. The summed E-state index contributed by atoms with van der Waals surface area (Å²) in [6, 6.07) is 5.94. The Morgan fingerprint density at radius 3 is 2.71 bits per heavy atom. The summed E-state index contributed by atoms with van der Waals surface area (Å²) in [6.07, 6.45) is 2.43. The normalized spacial score (nSPS) is 16.8. The predicted molar refractivity (Wildman–Crippen MR) is 82.5 cm³/mol. The van der Waals surface area contributed by atoms with E-state index in [0.29, 0.717) is 12.3 Å². The molecule has 0 spiro atoms. The number of nitrogens with two attached hydrogens (primary N) is 1. The lowest BCUT2D eigenvalue weighted by Crippen LogP contribution is -2.37. The van der Waals surface area contributed by atoms with Crippen LogP contribution in [-0.4, -0.2) is 42.2 Å². The Morgan fingerprint density at radius 2 is 2.14 bits per heavy atom. The SMILES string of the molecule is CCOc1ccc(CCN2CCC(C(=O)O)CC2)cc1N. The lowest BCUT2D eigenvalue weighted by atomic mass is 9.97. The fourth-order valence-electron chi connectivity index (χ4n) is 2.73.